The van der Waals surface area contributed by atoms with Gasteiger partial charge in [0.1, 0.15) is 78.3 Å². The molecule has 29 nitrogen and oxygen atoms in total. The Morgan fingerprint density at radius 2 is 0.784 bits per heavy atom. The summed E-state index contributed by atoms with van der Waals surface area (Å²) in [4.78, 5) is 168. The second-order valence-corrected chi connectivity index (χ2v) is 42.6. The van der Waals surface area contributed by atoms with E-state index in [1.807, 2.05) is 132 Å². The van der Waals surface area contributed by atoms with Crippen LogP contribution in [0, 0.1) is 126 Å². The highest BCUT2D eigenvalue weighted by atomic mass is 16.7. The Kier molecular flexibility index (Phi) is 44.6. The summed E-state index contributed by atoms with van der Waals surface area (Å²) in [7, 11) is 0. The van der Waals surface area contributed by atoms with Crippen LogP contribution in [-0.4, -0.2) is 168 Å². The molecule has 8 heterocycles. The van der Waals surface area contributed by atoms with Gasteiger partial charge in [-0.3, -0.25) is 62.3 Å². The van der Waals surface area contributed by atoms with Gasteiger partial charge in [-0.15, -0.1) is 0 Å². The van der Waals surface area contributed by atoms with Crippen LogP contribution in [0.2, 0.25) is 0 Å². The minimum Gasteiger partial charge on any atom is -0.465 e. The summed E-state index contributed by atoms with van der Waals surface area (Å²) in [6.45, 7) is 42.6. The molecule has 18 rings (SSSR count). The zero-order chi connectivity index (χ0) is 90.4. The van der Waals surface area contributed by atoms with Crippen molar-refractivity contribution >= 4 is 83.6 Å². The number of fused-ring (bicyclic) bond motifs is 9. The molecular formula is C105H183NO28. The second-order valence-electron chi connectivity index (χ2n) is 42.6. The number of hydrogen-bond acceptors (Lipinski definition) is 29. The number of nitrogens with zero attached hydrogens (tertiary/aromatic N) is 1. The zero-order valence-electron chi connectivity index (χ0n) is 76.1. The molecule has 0 aromatic carbocycles. The monoisotopic (exact) mass is 1910 g/mol. The van der Waals surface area contributed by atoms with Gasteiger partial charge in [0, 0.05) is 60.2 Å². The third kappa shape index (κ3) is 24.3. The minimum atomic E-state index is -1.37. The molecule has 0 amide bonds. The van der Waals surface area contributed by atoms with Crippen molar-refractivity contribution in [3.63, 3.8) is 0 Å². The summed E-state index contributed by atoms with van der Waals surface area (Å²) < 4.78 is 76.9. The SMILES string of the molecule is C.C.C.C.C.C.C.C.C.C.C.C.CCC(C)(C)C(=O)OC(C)(C)C(=O)OC1C2CC3C(=O)OC1C3C2.CCC(C)(C)C(=O)OC1(C)CCC2CC1(C)OC2=O.CCC(C)(C)C(=O)OC1C2CC3C1OC(=O)C3(C#N)C2.CCC(C)(C)C(=O)OC1C2CC3CC2C(=O)OC31.CCC(C)(C)C(=O)OC1CC2CCC1(C)OC2=O.CCC(C)(C)C(=O)OCCC(=O)OC1C2CC3C(=O)OC1C3C2. The van der Waals surface area contributed by atoms with Crippen LogP contribution < -0.4 is 0 Å². The van der Waals surface area contributed by atoms with Gasteiger partial charge in [0.05, 0.1) is 74.6 Å². The van der Waals surface area contributed by atoms with Crippen LogP contribution in [-0.2, 0) is 133 Å². The fraction of sp³-hybridized carbons (Fsp3) is 0.857. The van der Waals surface area contributed by atoms with Crippen LogP contribution in [0.5, 0.6) is 0 Å². The molecule has 0 radical (unpaired) electrons. The molecule has 776 valence electrons. The molecule has 18 aliphatic rings. The minimum absolute atomic E-state index is 0. The smallest absolute Gasteiger partial charge is 0.350 e. The molecule has 26 unspecified atom stereocenters. The molecule has 10 saturated carbocycles. The standard InChI is InChI=1S/C18H26O6.C17H24O6.C15H19NO4.C15H24O4.C14H20O4.C14H22O4.12CH4/c1-6-17(2,3)15(20)24-18(4,5)16(21)23-12-9-7-10-11(8-9)14(19)22-13(10)12;1-4-17(2,3)16(20)21-6-5-12(18)22-13-9-7-10-11(8-9)15(19)23-14(10)13;1-4-14(2,3)12(17)19-10-8-5-9-11(10)20-13(18)15(9,6-8)7-16;1-6-13(2,3)12(17)19-14(4)8-7-10-9-15(14,5)18-11(10)16;1-4-14(2,3)13(16)18-11-8-5-7-6-9(8)12(15)17-10(7)11;1-5-13(2,3)12(16)17-10-8-9-6-7-14(10,4)18-11(9)15;;;;;;;;;;;;/h9-13H,6-8H2,1-5H3;9-11,13-14H,4-8H2,1-3H3;8-11H,4-6H2,1-3H3;10H,6-9H2,1-5H3;7-11H,4-6H2,1-3H3;9-10H,5-8H2,1-4H3;12*1H4. The first-order chi connectivity index (χ1) is 56.6. The number of carbonyl (C=O) groups excluding carboxylic acids is 14. The maximum atomic E-state index is 12.6. The average Bonchev–Trinajstić information content (AvgIpc) is 1.53. The van der Waals surface area contributed by atoms with Crippen LogP contribution in [0.1, 0.15) is 383 Å². The van der Waals surface area contributed by atoms with Gasteiger partial charge in [-0.2, -0.15) is 5.26 Å². The van der Waals surface area contributed by atoms with E-state index in [0.717, 1.165) is 83.5 Å². The Hall–Kier alpha value is -7.93. The summed E-state index contributed by atoms with van der Waals surface area (Å²) in [5, 5.41) is 9.31. The second kappa shape index (κ2) is 46.7. The Labute approximate surface area is 806 Å². The molecule has 0 spiro atoms. The van der Waals surface area contributed by atoms with Crippen molar-refractivity contribution in [1.29, 1.82) is 5.26 Å². The van der Waals surface area contributed by atoms with Gasteiger partial charge >= 0.3 is 83.6 Å². The fourth-order valence-corrected chi connectivity index (χ4v) is 20.2. The van der Waals surface area contributed by atoms with Gasteiger partial charge in [0.15, 0.2) is 5.41 Å². The van der Waals surface area contributed by atoms with Crippen LogP contribution in [0.3, 0.4) is 0 Å². The lowest BCUT2D eigenvalue weighted by Crippen LogP contribution is -2.57. The Balaban J connectivity index is 0. The number of esters is 14. The van der Waals surface area contributed by atoms with E-state index in [1.54, 1.807) is 13.8 Å². The number of carbonyl (C=O) groups is 14. The molecule has 8 aliphatic heterocycles. The summed E-state index contributed by atoms with van der Waals surface area (Å²) in [5.41, 5.74) is -7.50. The topological polar surface area (TPSA) is 392 Å². The third-order valence-electron chi connectivity index (χ3n) is 31.8. The van der Waals surface area contributed by atoms with Crippen molar-refractivity contribution in [2.75, 3.05) is 6.61 Å². The van der Waals surface area contributed by atoms with Crippen LogP contribution >= 0.6 is 0 Å². The van der Waals surface area contributed by atoms with Crippen molar-refractivity contribution in [2.45, 2.75) is 461 Å². The Morgan fingerprint density at radius 3 is 1.25 bits per heavy atom. The van der Waals surface area contributed by atoms with E-state index in [0.29, 0.717) is 50.9 Å². The van der Waals surface area contributed by atoms with Crippen molar-refractivity contribution in [1.82, 2.24) is 0 Å². The van der Waals surface area contributed by atoms with Gasteiger partial charge < -0.3 is 66.3 Å². The summed E-state index contributed by atoms with van der Waals surface area (Å²) in [6, 6.07) is 2.15. The molecule has 0 aromatic rings. The predicted molar refractivity (Wildman–Crippen MR) is 511 cm³/mol. The average molecular weight is 1910 g/mol. The molecule has 14 bridgehead atoms. The molecule has 0 N–H and O–H groups in total. The first-order valence-electron chi connectivity index (χ1n) is 45.0. The van der Waals surface area contributed by atoms with E-state index in [1.165, 1.54) is 13.8 Å². The van der Waals surface area contributed by atoms with Crippen molar-refractivity contribution in [3.8, 4) is 6.07 Å². The van der Waals surface area contributed by atoms with E-state index in [-0.39, 0.29) is 276 Å². The highest BCUT2D eigenvalue weighted by molar-refractivity contribution is 5.87. The van der Waals surface area contributed by atoms with E-state index in [4.69, 9.17) is 66.3 Å². The number of nitriles is 1. The summed E-state index contributed by atoms with van der Waals surface area (Å²) >= 11 is 0. The lowest BCUT2D eigenvalue weighted by Gasteiger charge is -2.48. The molecule has 134 heavy (non-hydrogen) atoms. The van der Waals surface area contributed by atoms with Gasteiger partial charge in [-0.05, 0) is 233 Å². The zero-order valence-corrected chi connectivity index (χ0v) is 76.1. The molecule has 10 aliphatic carbocycles. The predicted octanol–water partition coefficient (Wildman–Crippen LogP) is 20.7. The van der Waals surface area contributed by atoms with E-state index in [9.17, 15) is 72.4 Å². The third-order valence-corrected chi connectivity index (χ3v) is 31.8. The van der Waals surface area contributed by atoms with Gasteiger partial charge in [-0.1, -0.05) is 131 Å². The lowest BCUT2D eigenvalue weighted by molar-refractivity contribution is -0.221. The molecule has 26 atom stereocenters. The van der Waals surface area contributed by atoms with Gasteiger partial charge in [0.2, 0.25) is 5.60 Å². The molecular weight excluding hydrogens is 1720 g/mol. The highest BCUT2D eigenvalue weighted by Gasteiger charge is 2.73. The van der Waals surface area contributed by atoms with Crippen LogP contribution in [0.25, 0.3) is 0 Å². The number of rotatable bonds is 23. The van der Waals surface area contributed by atoms with Crippen molar-refractivity contribution < 1.29 is 133 Å². The largest absolute Gasteiger partial charge is 0.465 e. The van der Waals surface area contributed by atoms with Crippen LogP contribution in [0.4, 0.5) is 0 Å². The summed E-state index contributed by atoms with van der Waals surface area (Å²) in [5.74, 6) is -2.38. The maximum absolute atomic E-state index is 12.6. The molecule has 0 aromatic heterocycles. The van der Waals surface area contributed by atoms with Crippen molar-refractivity contribution in [2.24, 2.45) is 115 Å². The van der Waals surface area contributed by atoms with Crippen LogP contribution in [0.15, 0.2) is 0 Å². The lowest BCUT2D eigenvalue weighted by atomic mass is 9.71. The quantitative estimate of drug-likeness (QED) is 0.0677. The molecule has 8 saturated heterocycles. The number of ether oxygens (including phenoxy) is 14. The van der Waals surface area contributed by atoms with E-state index in [2.05, 4.69) is 6.07 Å². The van der Waals surface area contributed by atoms with Crippen molar-refractivity contribution in [3.05, 3.63) is 0 Å². The van der Waals surface area contributed by atoms with E-state index >= 15 is 0 Å². The Bertz CT molecular complexity index is 4120. The summed E-state index contributed by atoms with van der Waals surface area (Å²) in [6.07, 6.45) is 12.1. The van der Waals surface area contributed by atoms with E-state index < -0.39 is 96.4 Å². The maximum Gasteiger partial charge on any atom is 0.350 e. The first kappa shape index (κ1) is 128. The Morgan fingerprint density at radius 1 is 0.388 bits per heavy atom. The van der Waals surface area contributed by atoms with Gasteiger partial charge in [0.25, 0.3) is 0 Å². The highest BCUT2D eigenvalue weighted by Crippen LogP contribution is 2.63. The number of hydrogen-bond donors (Lipinski definition) is 0. The molecule has 18 fully saturated rings. The normalized spacial score (nSPS) is 33.8. The molecule has 29 heteroatoms. The van der Waals surface area contributed by atoms with Gasteiger partial charge in [-0.25, -0.2) is 4.79 Å². The first-order valence-corrected chi connectivity index (χ1v) is 45.0. The fourth-order valence-electron chi connectivity index (χ4n) is 20.2.